The van der Waals surface area contributed by atoms with Crippen LogP contribution in [0.1, 0.15) is 30.5 Å². The summed E-state index contributed by atoms with van der Waals surface area (Å²) in [6.07, 6.45) is 2.23. The Hall–Kier alpha value is -3.50. The molecule has 2 heterocycles. The van der Waals surface area contributed by atoms with Crippen LogP contribution in [-0.2, 0) is 14.3 Å². The number of hydrogen-bond acceptors (Lipinski definition) is 7. The quantitative estimate of drug-likeness (QED) is 0.448. The summed E-state index contributed by atoms with van der Waals surface area (Å²) in [4.78, 5) is 42.3. The predicted octanol–water partition coefficient (Wildman–Crippen LogP) is 3.02. The number of aromatic nitrogens is 1. The number of nitrogens with zero attached hydrogens (tertiary/aromatic N) is 2. The van der Waals surface area contributed by atoms with E-state index < -0.39 is 24.6 Å². The number of aliphatic carboxylic acids is 1. The van der Waals surface area contributed by atoms with E-state index in [1.54, 1.807) is 24.3 Å². The summed E-state index contributed by atoms with van der Waals surface area (Å²) in [7, 11) is 1.32. The van der Waals surface area contributed by atoms with Crippen molar-refractivity contribution in [2.45, 2.75) is 19.4 Å². The van der Waals surface area contributed by atoms with Gasteiger partial charge in [-0.1, -0.05) is 54.7 Å². The van der Waals surface area contributed by atoms with Crippen LogP contribution < -0.4 is 19.6 Å². The Labute approximate surface area is 212 Å². The van der Waals surface area contributed by atoms with E-state index in [1.807, 2.05) is 37.3 Å². The summed E-state index contributed by atoms with van der Waals surface area (Å²) in [6.45, 7) is 1.45. The molecule has 4 rings (SSSR count). The van der Waals surface area contributed by atoms with Crippen LogP contribution in [0.2, 0.25) is 0 Å². The van der Waals surface area contributed by atoms with Crippen molar-refractivity contribution in [2.75, 3.05) is 13.7 Å². The van der Waals surface area contributed by atoms with Crippen LogP contribution >= 0.6 is 27.3 Å². The smallest absolute Gasteiger partial charge is 0.341 e. The first kappa shape index (κ1) is 24.6. The normalized spacial score (nSPS) is 15.4. The van der Waals surface area contributed by atoms with Crippen LogP contribution in [0, 0.1) is 0 Å². The van der Waals surface area contributed by atoms with Gasteiger partial charge in [0, 0.05) is 0 Å². The highest BCUT2D eigenvalue weighted by Gasteiger charge is 2.33. The van der Waals surface area contributed by atoms with Crippen molar-refractivity contribution in [3.63, 3.8) is 0 Å². The lowest BCUT2D eigenvalue weighted by Gasteiger charge is -2.25. The van der Waals surface area contributed by atoms with Gasteiger partial charge in [0.1, 0.15) is 5.75 Å². The molecule has 8 nitrogen and oxygen atoms in total. The molecule has 0 unspecified atom stereocenters. The zero-order chi connectivity index (χ0) is 25.1. The lowest BCUT2D eigenvalue weighted by atomic mass is 9.95. The first-order valence-electron chi connectivity index (χ1n) is 10.7. The number of allylic oxidation sites excluding steroid dienone is 1. The number of thiazole rings is 1. The minimum Gasteiger partial charge on any atom is -0.481 e. The second kappa shape index (κ2) is 10.4. The molecule has 0 aliphatic carbocycles. The van der Waals surface area contributed by atoms with Crippen LogP contribution in [0.15, 0.2) is 74.1 Å². The molecule has 0 spiro atoms. The topological polar surface area (TPSA) is 107 Å². The van der Waals surface area contributed by atoms with Gasteiger partial charge >= 0.3 is 11.9 Å². The average molecular weight is 557 g/mol. The van der Waals surface area contributed by atoms with Crippen LogP contribution in [0.4, 0.5) is 0 Å². The van der Waals surface area contributed by atoms with Crippen molar-refractivity contribution in [1.82, 2.24) is 4.57 Å². The van der Waals surface area contributed by atoms with Gasteiger partial charge in [-0.05, 0) is 51.7 Å². The molecule has 35 heavy (non-hydrogen) atoms. The van der Waals surface area contributed by atoms with Gasteiger partial charge in [0.2, 0.25) is 0 Å². The second-order valence-electron chi connectivity index (χ2n) is 7.57. The molecular formula is C25H21BrN2O6S. The third-order valence-corrected chi connectivity index (χ3v) is 6.97. The maximum absolute atomic E-state index is 13.6. The molecule has 0 amide bonds. The summed E-state index contributed by atoms with van der Waals surface area (Å²) >= 11 is 4.62. The number of esters is 1. The van der Waals surface area contributed by atoms with Gasteiger partial charge in [0.05, 0.1) is 33.4 Å². The highest BCUT2D eigenvalue weighted by molar-refractivity contribution is 9.10. The number of rotatable bonds is 7. The summed E-state index contributed by atoms with van der Waals surface area (Å²) < 4.78 is 12.8. The highest BCUT2D eigenvalue weighted by Crippen LogP contribution is 2.31. The van der Waals surface area contributed by atoms with Crippen LogP contribution in [0.5, 0.6) is 5.75 Å². The van der Waals surface area contributed by atoms with Gasteiger partial charge in [0.15, 0.2) is 11.4 Å². The summed E-state index contributed by atoms with van der Waals surface area (Å²) in [5, 5.41) is 8.81. The number of halogens is 1. The first-order chi connectivity index (χ1) is 16.8. The molecule has 1 atom stereocenters. The Morgan fingerprint density at radius 2 is 1.97 bits per heavy atom. The fraction of sp³-hybridized carbons (Fsp3) is 0.200. The van der Waals surface area contributed by atoms with Crippen molar-refractivity contribution < 1.29 is 24.2 Å². The zero-order valence-electron chi connectivity index (χ0n) is 18.9. The van der Waals surface area contributed by atoms with Crippen LogP contribution in [-0.4, -0.2) is 35.3 Å². The number of carbonyl (C=O) groups excluding carboxylic acids is 1. The summed E-state index contributed by atoms with van der Waals surface area (Å²) in [5.41, 5.74) is 2.15. The Balaban J connectivity index is 1.86. The summed E-state index contributed by atoms with van der Waals surface area (Å²) in [6, 6.07) is 13.8. The number of carboxylic acid groups (broad SMARTS) is 1. The molecule has 0 saturated heterocycles. The van der Waals surface area contributed by atoms with Crippen LogP contribution in [0.3, 0.4) is 0 Å². The number of fused-ring (bicyclic) bond motifs is 1. The van der Waals surface area contributed by atoms with E-state index in [2.05, 4.69) is 20.9 Å². The number of benzene rings is 2. The van der Waals surface area contributed by atoms with E-state index >= 15 is 0 Å². The molecule has 0 bridgehead atoms. The number of hydrogen-bond donors (Lipinski definition) is 1. The first-order valence-corrected chi connectivity index (χ1v) is 12.3. The third kappa shape index (κ3) is 4.98. The Bertz CT molecular complexity index is 1510. The van der Waals surface area contributed by atoms with E-state index in [0.717, 1.165) is 5.56 Å². The van der Waals surface area contributed by atoms with Crippen molar-refractivity contribution in [3.05, 3.63) is 95.1 Å². The molecule has 0 radical (unpaired) electrons. The Morgan fingerprint density at radius 3 is 2.60 bits per heavy atom. The van der Waals surface area contributed by atoms with Gasteiger partial charge in [-0.3, -0.25) is 9.36 Å². The number of carbonyl (C=O) groups is 2. The molecule has 1 aliphatic rings. The predicted molar refractivity (Wildman–Crippen MR) is 134 cm³/mol. The van der Waals surface area contributed by atoms with Gasteiger partial charge in [0.25, 0.3) is 5.56 Å². The van der Waals surface area contributed by atoms with E-state index in [4.69, 9.17) is 14.6 Å². The standard InChI is InChI=1S/C25H21BrN2O6S/c1-3-17-21(24(32)33-2)22(15-7-5-4-6-8-15)28-23(31)19(35-25(28)27-17)12-14-9-10-18(16(26)11-14)34-13-20(29)30/h4-12,22H,3,13H2,1-2H3,(H,29,30)/b19-12-/t22-/m1/s1. The highest BCUT2D eigenvalue weighted by atomic mass is 79.9. The molecule has 1 aromatic heterocycles. The number of ether oxygens (including phenoxy) is 2. The minimum absolute atomic E-state index is 0.276. The van der Waals surface area contributed by atoms with Crippen molar-refractivity contribution >= 4 is 45.3 Å². The van der Waals surface area contributed by atoms with Crippen molar-refractivity contribution in [1.29, 1.82) is 0 Å². The second-order valence-corrected chi connectivity index (χ2v) is 9.43. The molecule has 1 aliphatic heterocycles. The maximum Gasteiger partial charge on any atom is 0.341 e. The van der Waals surface area contributed by atoms with Crippen molar-refractivity contribution in [2.24, 2.45) is 4.99 Å². The van der Waals surface area contributed by atoms with E-state index in [0.29, 0.717) is 42.8 Å². The van der Waals surface area contributed by atoms with E-state index in [1.165, 1.54) is 23.0 Å². The van der Waals surface area contributed by atoms with Gasteiger partial charge in [-0.2, -0.15) is 0 Å². The lowest BCUT2D eigenvalue weighted by molar-refractivity contribution is -0.139. The fourth-order valence-electron chi connectivity index (χ4n) is 3.83. The number of methoxy groups -OCH3 is 1. The maximum atomic E-state index is 13.6. The van der Waals surface area contributed by atoms with Gasteiger partial charge < -0.3 is 14.6 Å². The summed E-state index contributed by atoms with van der Waals surface area (Å²) in [5.74, 6) is -1.21. The number of carboxylic acids is 1. The molecule has 180 valence electrons. The molecule has 2 aromatic carbocycles. The van der Waals surface area contributed by atoms with E-state index in [-0.39, 0.29) is 5.56 Å². The molecule has 0 fully saturated rings. The third-order valence-electron chi connectivity index (χ3n) is 5.37. The molecule has 10 heteroatoms. The molecule has 3 aromatic rings. The molecular weight excluding hydrogens is 536 g/mol. The van der Waals surface area contributed by atoms with Crippen LogP contribution in [0.25, 0.3) is 6.08 Å². The largest absolute Gasteiger partial charge is 0.481 e. The average Bonchev–Trinajstić information content (AvgIpc) is 3.16. The zero-order valence-corrected chi connectivity index (χ0v) is 21.3. The fourth-order valence-corrected chi connectivity index (χ4v) is 5.36. The Morgan fingerprint density at radius 1 is 1.23 bits per heavy atom. The van der Waals surface area contributed by atoms with Gasteiger partial charge in [-0.25, -0.2) is 14.6 Å². The van der Waals surface area contributed by atoms with E-state index in [9.17, 15) is 14.4 Å². The molecule has 0 saturated carbocycles. The monoisotopic (exact) mass is 556 g/mol. The lowest BCUT2D eigenvalue weighted by Crippen LogP contribution is -2.40. The SMILES string of the molecule is CCC1=C(C(=O)OC)[C@@H](c2ccccc2)n2c(s/c(=C\c3ccc(OCC(=O)O)c(Br)c3)c2=O)=N1. The molecule has 1 N–H and O–H groups in total. The van der Waals surface area contributed by atoms with Gasteiger partial charge in [-0.15, -0.1) is 0 Å². The minimum atomic E-state index is -1.08. The Kier molecular flexibility index (Phi) is 7.32. The van der Waals surface area contributed by atoms with Crippen molar-refractivity contribution in [3.8, 4) is 5.75 Å².